The Morgan fingerprint density at radius 3 is 2.50 bits per heavy atom. The fraction of sp³-hybridized carbons (Fsp3) is 0.556. The summed E-state index contributed by atoms with van der Waals surface area (Å²) in [4.78, 5) is 18.0. The summed E-state index contributed by atoms with van der Waals surface area (Å²) in [7, 11) is 0. The fourth-order valence-corrected chi connectivity index (χ4v) is 1.19. The van der Waals surface area contributed by atoms with Crippen molar-refractivity contribution in [3.05, 3.63) is 21.7 Å². The zero-order valence-electron chi connectivity index (χ0n) is 8.71. The van der Waals surface area contributed by atoms with Crippen LogP contribution in [0.1, 0.15) is 25.2 Å². The third kappa shape index (κ3) is 1.92. The number of thioether (sulfide) groups is 1. The summed E-state index contributed by atoms with van der Waals surface area (Å²) in [5, 5.41) is 9.40. The van der Waals surface area contributed by atoms with Gasteiger partial charge in [-0.25, -0.2) is 0 Å². The first-order valence-corrected chi connectivity index (χ1v) is 5.46. The maximum Gasteiger partial charge on any atom is 0.257 e. The van der Waals surface area contributed by atoms with Gasteiger partial charge < -0.3 is 10.1 Å². The molecule has 1 heterocycles. The van der Waals surface area contributed by atoms with Gasteiger partial charge >= 0.3 is 0 Å². The molecular formula is C9H14N2O2S. The minimum Gasteiger partial charge on any atom is -0.493 e. The molecule has 0 saturated carbocycles. The lowest BCUT2D eigenvalue weighted by molar-refractivity contribution is 0.439. The lowest BCUT2D eigenvalue weighted by atomic mass is 10.2. The topological polar surface area (TPSA) is 66.0 Å². The van der Waals surface area contributed by atoms with E-state index in [2.05, 4.69) is 9.97 Å². The first kappa shape index (κ1) is 11.1. The number of nitrogens with one attached hydrogen (secondary N) is 1. The van der Waals surface area contributed by atoms with Gasteiger partial charge in [-0.3, -0.25) is 4.79 Å². The standard InChI is InChI=1S/C9H14N2O2S/c1-5-6(12)10-8(11-7(5)13)9(2,3)14-4/h1-4H3,(H2,10,11,12,13). The summed E-state index contributed by atoms with van der Waals surface area (Å²) < 4.78 is -0.301. The molecule has 2 N–H and O–H groups in total. The van der Waals surface area contributed by atoms with Crippen molar-refractivity contribution in [3.63, 3.8) is 0 Å². The molecule has 0 fully saturated rings. The van der Waals surface area contributed by atoms with E-state index in [9.17, 15) is 9.90 Å². The molecule has 78 valence electrons. The molecule has 0 unspecified atom stereocenters. The first-order valence-electron chi connectivity index (χ1n) is 4.24. The Bertz CT molecular complexity index is 398. The van der Waals surface area contributed by atoms with Gasteiger partial charge in [-0.1, -0.05) is 0 Å². The average molecular weight is 214 g/mol. The van der Waals surface area contributed by atoms with Crippen molar-refractivity contribution in [2.24, 2.45) is 0 Å². The average Bonchev–Trinajstić information content (AvgIpc) is 2.13. The Hall–Kier alpha value is -0.970. The summed E-state index contributed by atoms with van der Waals surface area (Å²) in [6.07, 6.45) is 1.93. The lowest BCUT2D eigenvalue weighted by Crippen LogP contribution is -2.23. The van der Waals surface area contributed by atoms with Crippen LogP contribution in [0.2, 0.25) is 0 Å². The van der Waals surface area contributed by atoms with Gasteiger partial charge in [-0.05, 0) is 27.0 Å². The summed E-state index contributed by atoms with van der Waals surface area (Å²) in [6.45, 7) is 5.41. The molecule has 0 radical (unpaired) electrons. The molecule has 0 aromatic carbocycles. The molecule has 14 heavy (non-hydrogen) atoms. The van der Waals surface area contributed by atoms with Crippen molar-refractivity contribution in [2.75, 3.05) is 6.26 Å². The van der Waals surface area contributed by atoms with Crippen LogP contribution in [0.25, 0.3) is 0 Å². The van der Waals surface area contributed by atoms with Crippen LogP contribution in [0.3, 0.4) is 0 Å². The Morgan fingerprint density at radius 2 is 2.07 bits per heavy atom. The number of aromatic amines is 1. The largest absolute Gasteiger partial charge is 0.493 e. The van der Waals surface area contributed by atoms with E-state index in [-0.39, 0.29) is 21.7 Å². The predicted octanol–water partition coefficient (Wildman–Crippen LogP) is 1.38. The van der Waals surface area contributed by atoms with E-state index in [1.54, 1.807) is 11.8 Å². The Morgan fingerprint density at radius 1 is 1.50 bits per heavy atom. The monoisotopic (exact) mass is 214 g/mol. The van der Waals surface area contributed by atoms with Crippen LogP contribution < -0.4 is 5.56 Å². The van der Waals surface area contributed by atoms with Crippen molar-refractivity contribution in [2.45, 2.75) is 25.5 Å². The van der Waals surface area contributed by atoms with Crippen LogP contribution in [0.4, 0.5) is 0 Å². The highest BCUT2D eigenvalue weighted by Gasteiger charge is 2.23. The van der Waals surface area contributed by atoms with E-state index in [1.807, 2.05) is 20.1 Å². The molecule has 0 aliphatic rings. The zero-order chi connectivity index (χ0) is 10.9. The highest BCUT2D eigenvalue weighted by Crippen LogP contribution is 2.31. The number of nitrogens with zero attached hydrogens (tertiary/aromatic N) is 1. The minimum atomic E-state index is -0.301. The van der Waals surface area contributed by atoms with Crippen molar-refractivity contribution in [1.82, 2.24) is 9.97 Å². The van der Waals surface area contributed by atoms with Crippen LogP contribution in [-0.2, 0) is 4.75 Å². The zero-order valence-corrected chi connectivity index (χ0v) is 9.53. The molecule has 0 saturated heterocycles. The van der Waals surface area contributed by atoms with Crippen molar-refractivity contribution in [1.29, 1.82) is 0 Å². The Labute approximate surface area is 86.8 Å². The van der Waals surface area contributed by atoms with Gasteiger partial charge in [0.05, 0.1) is 10.3 Å². The molecular weight excluding hydrogens is 200 g/mol. The minimum absolute atomic E-state index is 0.189. The van der Waals surface area contributed by atoms with Crippen LogP contribution in [0, 0.1) is 6.92 Å². The maximum atomic E-state index is 11.4. The van der Waals surface area contributed by atoms with Gasteiger partial charge in [0, 0.05) is 0 Å². The molecule has 0 aliphatic heterocycles. The van der Waals surface area contributed by atoms with Gasteiger partial charge in [-0.2, -0.15) is 16.7 Å². The summed E-state index contributed by atoms with van der Waals surface area (Å²) in [6, 6.07) is 0. The van der Waals surface area contributed by atoms with E-state index >= 15 is 0 Å². The molecule has 1 aromatic heterocycles. The molecule has 1 rings (SSSR count). The van der Waals surface area contributed by atoms with E-state index in [0.717, 1.165) is 0 Å². The molecule has 0 amide bonds. The number of aromatic nitrogens is 2. The van der Waals surface area contributed by atoms with Gasteiger partial charge in [-0.15, -0.1) is 0 Å². The molecule has 0 atom stereocenters. The second-order valence-corrected chi connectivity index (χ2v) is 5.01. The fourth-order valence-electron chi connectivity index (χ4n) is 0.902. The van der Waals surface area contributed by atoms with Crippen molar-refractivity contribution >= 4 is 11.8 Å². The molecule has 1 aromatic rings. The van der Waals surface area contributed by atoms with E-state index in [0.29, 0.717) is 5.82 Å². The molecule has 5 heteroatoms. The number of aromatic hydroxyl groups is 1. The molecule has 4 nitrogen and oxygen atoms in total. The van der Waals surface area contributed by atoms with Crippen LogP contribution in [0.5, 0.6) is 5.88 Å². The van der Waals surface area contributed by atoms with Crippen molar-refractivity contribution < 1.29 is 5.11 Å². The third-order valence-electron chi connectivity index (χ3n) is 2.21. The second-order valence-electron chi connectivity index (χ2n) is 3.58. The van der Waals surface area contributed by atoms with E-state index < -0.39 is 0 Å². The second kappa shape index (κ2) is 3.65. The molecule has 0 spiro atoms. The predicted molar refractivity (Wildman–Crippen MR) is 57.8 cm³/mol. The molecule has 0 bridgehead atoms. The summed E-state index contributed by atoms with van der Waals surface area (Å²) >= 11 is 1.56. The lowest BCUT2D eigenvalue weighted by Gasteiger charge is -2.20. The molecule has 0 aliphatic carbocycles. The van der Waals surface area contributed by atoms with Gasteiger partial charge in [0.1, 0.15) is 5.82 Å². The highest BCUT2D eigenvalue weighted by molar-refractivity contribution is 7.99. The smallest absolute Gasteiger partial charge is 0.257 e. The highest BCUT2D eigenvalue weighted by atomic mass is 32.2. The number of H-pyrrole nitrogens is 1. The summed E-state index contributed by atoms with van der Waals surface area (Å²) in [5.74, 6) is 0.309. The van der Waals surface area contributed by atoms with Gasteiger partial charge in [0.2, 0.25) is 5.88 Å². The van der Waals surface area contributed by atoms with Crippen LogP contribution >= 0.6 is 11.8 Å². The Balaban J connectivity index is 3.33. The number of rotatable bonds is 2. The first-order chi connectivity index (χ1) is 6.38. The normalized spacial score (nSPS) is 11.7. The SMILES string of the molecule is CSC(C)(C)c1nc(O)c(C)c(=O)[nH]1. The maximum absolute atomic E-state index is 11.4. The van der Waals surface area contributed by atoms with Crippen LogP contribution in [-0.4, -0.2) is 21.3 Å². The third-order valence-corrected chi connectivity index (χ3v) is 3.42. The number of hydrogen-bond acceptors (Lipinski definition) is 4. The van der Waals surface area contributed by atoms with Crippen LogP contribution in [0.15, 0.2) is 4.79 Å². The van der Waals surface area contributed by atoms with Crippen molar-refractivity contribution in [3.8, 4) is 5.88 Å². The van der Waals surface area contributed by atoms with E-state index in [4.69, 9.17) is 0 Å². The number of hydrogen-bond donors (Lipinski definition) is 2. The quantitative estimate of drug-likeness (QED) is 0.780. The van der Waals surface area contributed by atoms with E-state index in [1.165, 1.54) is 6.92 Å². The Kier molecular flexibility index (Phi) is 2.89. The van der Waals surface area contributed by atoms with Gasteiger partial charge in [0.15, 0.2) is 0 Å². The van der Waals surface area contributed by atoms with Gasteiger partial charge in [0.25, 0.3) is 5.56 Å². The summed E-state index contributed by atoms with van der Waals surface area (Å²) in [5.41, 5.74) is -0.0275.